The third-order valence-electron chi connectivity index (χ3n) is 5.41. The molecule has 1 aliphatic rings. The van der Waals surface area contributed by atoms with E-state index in [-0.39, 0.29) is 31.1 Å². The van der Waals surface area contributed by atoms with Gasteiger partial charge in [0.05, 0.1) is 24.1 Å². The summed E-state index contributed by atoms with van der Waals surface area (Å²) in [7, 11) is 0. The van der Waals surface area contributed by atoms with E-state index in [9.17, 15) is 14.4 Å². The second-order valence-corrected chi connectivity index (χ2v) is 7.11. The second-order valence-electron chi connectivity index (χ2n) is 7.11. The molecule has 0 saturated carbocycles. The van der Waals surface area contributed by atoms with E-state index < -0.39 is 17.9 Å². The number of aromatic nitrogens is 2. The minimum Gasteiger partial charge on any atom is -0.465 e. The lowest BCUT2D eigenvalue weighted by Gasteiger charge is -2.18. The van der Waals surface area contributed by atoms with E-state index >= 15 is 0 Å². The Hall–Kier alpha value is -2.70. The van der Waals surface area contributed by atoms with Crippen LogP contribution in [-0.4, -0.2) is 34.7 Å². The highest BCUT2D eigenvalue weighted by Crippen LogP contribution is 2.33. The number of ether oxygens (including phenoxy) is 2. The molecule has 0 spiro atoms. The lowest BCUT2D eigenvalue weighted by atomic mass is 9.92. The van der Waals surface area contributed by atoms with Crippen LogP contribution in [0.1, 0.15) is 49.6 Å². The summed E-state index contributed by atoms with van der Waals surface area (Å²) in [6.07, 6.45) is 0.867. The van der Waals surface area contributed by atoms with E-state index in [4.69, 9.17) is 14.5 Å². The topological polar surface area (TPSA) is 87.5 Å². The first-order valence-corrected chi connectivity index (χ1v) is 9.72. The van der Waals surface area contributed by atoms with Crippen LogP contribution in [0.25, 0.3) is 10.9 Å². The summed E-state index contributed by atoms with van der Waals surface area (Å²) in [6.45, 7) is 8.23. The van der Waals surface area contributed by atoms with Gasteiger partial charge in [0.25, 0.3) is 5.56 Å². The molecule has 7 nitrogen and oxygen atoms in total. The molecule has 0 amide bonds. The van der Waals surface area contributed by atoms with Crippen molar-refractivity contribution < 1.29 is 19.1 Å². The minimum atomic E-state index is -1.01. The van der Waals surface area contributed by atoms with Crippen molar-refractivity contribution in [1.82, 2.24) is 9.55 Å². The standard InChI is InChI=1S/C21H26N2O5/c1-5-27-20(25)16(21(26)28-6-2)11-14-9-10-23-18(14)22-17-13(4)12(3)7-8-15(17)19(23)24/h7-8,14,16H,5-6,9-11H2,1-4H3. The van der Waals surface area contributed by atoms with Gasteiger partial charge in [-0.2, -0.15) is 0 Å². The predicted octanol–water partition coefficient (Wildman–Crippen LogP) is 2.63. The number of aryl methyl sites for hydroxylation is 2. The minimum absolute atomic E-state index is 0.0746. The molecule has 1 atom stereocenters. The maximum atomic E-state index is 12.9. The third kappa shape index (κ3) is 3.53. The van der Waals surface area contributed by atoms with Crippen molar-refractivity contribution >= 4 is 22.8 Å². The molecule has 150 valence electrons. The second kappa shape index (κ2) is 8.12. The fraction of sp³-hybridized carbons (Fsp3) is 0.524. The number of hydrogen-bond donors (Lipinski definition) is 0. The van der Waals surface area contributed by atoms with Gasteiger partial charge in [-0.05, 0) is 57.7 Å². The average molecular weight is 386 g/mol. The Kier molecular flexibility index (Phi) is 5.82. The van der Waals surface area contributed by atoms with Gasteiger partial charge < -0.3 is 9.47 Å². The summed E-state index contributed by atoms with van der Waals surface area (Å²) in [6, 6.07) is 3.74. The van der Waals surface area contributed by atoms with Gasteiger partial charge in [-0.1, -0.05) is 6.07 Å². The molecule has 3 rings (SSSR count). The van der Waals surface area contributed by atoms with E-state index in [1.807, 2.05) is 26.0 Å². The van der Waals surface area contributed by atoms with E-state index in [1.165, 1.54) is 0 Å². The van der Waals surface area contributed by atoms with Gasteiger partial charge in [0.15, 0.2) is 5.92 Å². The molecule has 0 bridgehead atoms. The van der Waals surface area contributed by atoms with Crippen LogP contribution in [-0.2, 0) is 25.6 Å². The number of nitrogens with zero attached hydrogens (tertiary/aromatic N) is 2. The summed E-state index contributed by atoms with van der Waals surface area (Å²) < 4.78 is 11.8. The van der Waals surface area contributed by atoms with Crippen LogP contribution in [0.2, 0.25) is 0 Å². The van der Waals surface area contributed by atoms with Gasteiger partial charge in [0.2, 0.25) is 0 Å². The summed E-state index contributed by atoms with van der Waals surface area (Å²) in [5.74, 6) is -1.74. The summed E-state index contributed by atoms with van der Waals surface area (Å²) in [4.78, 5) is 42.4. The van der Waals surface area contributed by atoms with Gasteiger partial charge in [0, 0.05) is 12.5 Å². The molecular formula is C21H26N2O5. The fourth-order valence-corrected chi connectivity index (χ4v) is 3.77. The molecule has 0 aliphatic carbocycles. The van der Waals surface area contributed by atoms with E-state index in [0.717, 1.165) is 11.1 Å². The molecule has 7 heteroatoms. The molecular weight excluding hydrogens is 360 g/mol. The van der Waals surface area contributed by atoms with Gasteiger partial charge >= 0.3 is 11.9 Å². The number of hydrogen-bond acceptors (Lipinski definition) is 6. The van der Waals surface area contributed by atoms with E-state index in [1.54, 1.807) is 18.4 Å². The Balaban J connectivity index is 2.00. The molecule has 0 N–H and O–H groups in total. The molecule has 1 aromatic carbocycles. The SMILES string of the molecule is CCOC(=O)C(CC1CCn2c1nc1c(C)c(C)ccc1c2=O)C(=O)OCC. The summed E-state index contributed by atoms with van der Waals surface area (Å²) >= 11 is 0. The largest absolute Gasteiger partial charge is 0.465 e. The Morgan fingerprint density at radius 3 is 2.43 bits per heavy atom. The van der Waals surface area contributed by atoms with Gasteiger partial charge in [-0.25, -0.2) is 4.98 Å². The van der Waals surface area contributed by atoms with Gasteiger partial charge in [0.1, 0.15) is 5.82 Å². The highest BCUT2D eigenvalue weighted by molar-refractivity contribution is 5.95. The normalized spacial score (nSPS) is 15.7. The van der Waals surface area contributed by atoms with Crippen LogP contribution in [0.3, 0.4) is 0 Å². The summed E-state index contributed by atoms with van der Waals surface area (Å²) in [5, 5.41) is 0.597. The van der Waals surface area contributed by atoms with Gasteiger partial charge in [-0.3, -0.25) is 19.0 Å². The molecule has 0 fully saturated rings. The average Bonchev–Trinajstić information content (AvgIpc) is 3.06. The zero-order valence-electron chi connectivity index (χ0n) is 16.8. The van der Waals surface area contributed by atoms with Crippen molar-refractivity contribution in [3.8, 4) is 0 Å². The van der Waals surface area contributed by atoms with Crippen molar-refractivity contribution in [2.24, 2.45) is 5.92 Å². The predicted molar refractivity (Wildman–Crippen MR) is 104 cm³/mol. The zero-order chi connectivity index (χ0) is 20.4. The quantitative estimate of drug-likeness (QED) is 0.560. The number of rotatable bonds is 6. The number of benzene rings is 1. The van der Waals surface area contributed by atoms with Crippen molar-refractivity contribution in [2.45, 2.75) is 53.0 Å². The summed E-state index contributed by atoms with van der Waals surface area (Å²) in [5.41, 5.74) is 2.65. The molecule has 1 aliphatic heterocycles. The highest BCUT2D eigenvalue weighted by atomic mass is 16.6. The lowest BCUT2D eigenvalue weighted by Crippen LogP contribution is -2.30. The first-order valence-electron chi connectivity index (χ1n) is 9.72. The number of carbonyl (C=O) groups excluding carboxylic acids is 2. The molecule has 1 aromatic heterocycles. The molecule has 1 unspecified atom stereocenters. The van der Waals surface area contributed by atoms with Crippen LogP contribution in [0, 0.1) is 19.8 Å². The Bertz CT molecular complexity index is 961. The Morgan fingerprint density at radius 1 is 1.18 bits per heavy atom. The molecule has 0 radical (unpaired) electrons. The van der Waals surface area contributed by atoms with E-state index in [0.29, 0.717) is 29.7 Å². The van der Waals surface area contributed by atoms with Crippen molar-refractivity contribution in [2.75, 3.05) is 13.2 Å². The highest BCUT2D eigenvalue weighted by Gasteiger charge is 2.36. The zero-order valence-corrected chi connectivity index (χ0v) is 16.8. The number of fused-ring (bicyclic) bond motifs is 2. The number of esters is 2. The van der Waals surface area contributed by atoms with Crippen molar-refractivity contribution in [3.63, 3.8) is 0 Å². The maximum Gasteiger partial charge on any atom is 0.320 e. The molecule has 2 heterocycles. The van der Waals surface area contributed by atoms with Crippen molar-refractivity contribution in [1.29, 1.82) is 0 Å². The Labute approximate surface area is 163 Å². The van der Waals surface area contributed by atoms with Crippen LogP contribution < -0.4 is 5.56 Å². The van der Waals surface area contributed by atoms with E-state index in [2.05, 4.69) is 0 Å². The smallest absolute Gasteiger partial charge is 0.320 e. The van der Waals surface area contributed by atoms with Crippen LogP contribution in [0.5, 0.6) is 0 Å². The molecule has 28 heavy (non-hydrogen) atoms. The molecule has 2 aromatic rings. The lowest BCUT2D eigenvalue weighted by molar-refractivity contribution is -0.162. The molecule has 0 saturated heterocycles. The number of carbonyl (C=O) groups is 2. The van der Waals surface area contributed by atoms with Crippen LogP contribution >= 0.6 is 0 Å². The van der Waals surface area contributed by atoms with Crippen LogP contribution in [0.4, 0.5) is 0 Å². The van der Waals surface area contributed by atoms with Gasteiger partial charge in [-0.15, -0.1) is 0 Å². The fourth-order valence-electron chi connectivity index (χ4n) is 3.77. The van der Waals surface area contributed by atoms with Crippen molar-refractivity contribution in [3.05, 3.63) is 39.4 Å². The first kappa shape index (κ1) is 20.0. The Morgan fingerprint density at radius 2 is 1.82 bits per heavy atom. The third-order valence-corrected chi connectivity index (χ3v) is 5.41. The maximum absolute atomic E-state index is 12.9. The van der Waals surface area contributed by atoms with Crippen LogP contribution in [0.15, 0.2) is 16.9 Å². The first-order chi connectivity index (χ1) is 13.4. The monoisotopic (exact) mass is 386 g/mol.